The lowest BCUT2D eigenvalue weighted by Crippen LogP contribution is -2.51. The van der Waals surface area contributed by atoms with E-state index < -0.39 is 17.4 Å². The number of nitrogens with zero attached hydrogens (tertiary/aromatic N) is 1. The maximum absolute atomic E-state index is 13.0. The van der Waals surface area contributed by atoms with Crippen LogP contribution < -0.4 is 0 Å². The lowest BCUT2D eigenvalue weighted by Gasteiger charge is -2.35. The molecule has 0 aromatic heterocycles. The Morgan fingerprint density at radius 1 is 1.30 bits per heavy atom. The van der Waals surface area contributed by atoms with Crippen LogP contribution in [0.25, 0.3) is 0 Å². The Morgan fingerprint density at radius 3 is 2.50 bits per heavy atom. The molecule has 6 heteroatoms. The molecular weight excluding hydrogens is 265 g/mol. The van der Waals surface area contributed by atoms with Crippen molar-refractivity contribution in [2.24, 2.45) is 0 Å². The highest BCUT2D eigenvalue weighted by Crippen LogP contribution is 2.23. The third-order valence-electron chi connectivity index (χ3n) is 3.59. The molecule has 1 saturated heterocycles. The van der Waals surface area contributed by atoms with Crippen molar-refractivity contribution < 1.29 is 24.2 Å². The van der Waals surface area contributed by atoms with Crippen molar-refractivity contribution in [3.8, 4) is 0 Å². The Morgan fingerprint density at radius 2 is 1.95 bits per heavy atom. The van der Waals surface area contributed by atoms with Gasteiger partial charge in [-0.05, 0) is 17.7 Å². The largest absolute Gasteiger partial charge is 0.479 e. The fraction of sp³-hybridized carbons (Fsp3) is 0.429. The van der Waals surface area contributed by atoms with Crippen molar-refractivity contribution in [3.05, 3.63) is 35.6 Å². The minimum absolute atomic E-state index is 0.0111. The summed E-state index contributed by atoms with van der Waals surface area (Å²) in [5, 5.41) is 18.7. The fourth-order valence-electron chi connectivity index (χ4n) is 2.27. The van der Waals surface area contributed by atoms with E-state index in [9.17, 15) is 19.1 Å². The zero-order valence-corrected chi connectivity index (χ0v) is 10.9. The fourth-order valence-corrected chi connectivity index (χ4v) is 2.27. The van der Waals surface area contributed by atoms with Crippen LogP contribution in [-0.4, -0.2) is 45.7 Å². The zero-order valence-electron chi connectivity index (χ0n) is 10.9. The van der Waals surface area contributed by atoms with E-state index in [1.165, 1.54) is 23.1 Å². The van der Waals surface area contributed by atoms with Gasteiger partial charge in [0.1, 0.15) is 5.82 Å². The van der Waals surface area contributed by atoms with E-state index >= 15 is 0 Å². The van der Waals surface area contributed by atoms with Gasteiger partial charge < -0.3 is 15.1 Å². The number of rotatable bonds is 3. The van der Waals surface area contributed by atoms with Crippen LogP contribution in [0.15, 0.2) is 24.3 Å². The Balaban J connectivity index is 1.94. The number of likely N-dealkylation sites (tertiary alicyclic amines) is 1. The molecule has 0 unspecified atom stereocenters. The van der Waals surface area contributed by atoms with Crippen LogP contribution in [0.5, 0.6) is 0 Å². The average Bonchev–Trinajstić information content (AvgIpc) is 2.39. The number of carbonyl (C=O) groups is 2. The average molecular weight is 281 g/mol. The van der Waals surface area contributed by atoms with Gasteiger partial charge in [0.25, 0.3) is 0 Å². The monoisotopic (exact) mass is 281 g/mol. The second kappa shape index (κ2) is 5.58. The zero-order chi connectivity index (χ0) is 14.8. The molecular formula is C14H16FNO4. The van der Waals surface area contributed by atoms with Crippen molar-refractivity contribution in [2.75, 3.05) is 13.1 Å². The molecule has 5 nitrogen and oxygen atoms in total. The first-order chi connectivity index (χ1) is 9.40. The molecule has 0 saturated carbocycles. The number of hydrogen-bond acceptors (Lipinski definition) is 3. The number of carboxylic acid groups (broad SMARTS) is 1. The lowest BCUT2D eigenvalue weighted by atomic mass is 9.91. The van der Waals surface area contributed by atoms with E-state index in [1.54, 1.807) is 6.07 Å². The van der Waals surface area contributed by atoms with Crippen LogP contribution in [0.2, 0.25) is 0 Å². The van der Waals surface area contributed by atoms with Crippen molar-refractivity contribution in [1.82, 2.24) is 4.90 Å². The van der Waals surface area contributed by atoms with Gasteiger partial charge in [-0.25, -0.2) is 9.18 Å². The third-order valence-corrected chi connectivity index (χ3v) is 3.59. The minimum Gasteiger partial charge on any atom is -0.479 e. The van der Waals surface area contributed by atoms with E-state index in [2.05, 4.69) is 0 Å². The number of aliphatic hydroxyl groups is 1. The second-order valence-electron chi connectivity index (χ2n) is 5.02. The van der Waals surface area contributed by atoms with Gasteiger partial charge in [-0.15, -0.1) is 0 Å². The first kappa shape index (κ1) is 14.5. The van der Waals surface area contributed by atoms with Crippen LogP contribution in [0.4, 0.5) is 4.39 Å². The summed E-state index contributed by atoms with van der Waals surface area (Å²) in [6, 6.07) is 5.81. The van der Waals surface area contributed by atoms with Gasteiger partial charge in [0.2, 0.25) is 5.91 Å². The molecule has 2 N–H and O–H groups in total. The highest BCUT2D eigenvalue weighted by Gasteiger charge is 2.40. The van der Waals surface area contributed by atoms with Gasteiger partial charge in [0.15, 0.2) is 5.60 Å². The maximum atomic E-state index is 13.0. The predicted octanol–water partition coefficient (Wildman–Crippen LogP) is 0.806. The molecule has 1 heterocycles. The Labute approximate surface area is 115 Å². The van der Waals surface area contributed by atoms with Gasteiger partial charge in [-0.3, -0.25) is 4.79 Å². The molecule has 1 aromatic carbocycles. The number of halogens is 1. The second-order valence-corrected chi connectivity index (χ2v) is 5.02. The molecule has 2 rings (SSSR count). The maximum Gasteiger partial charge on any atom is 0.335 e. The quantitative estimate of drug-likeness (QED) is 0.859. The Hall–Kier alpha value is -1.95. The van der Waals surface area contributed by atoms with Crippen molar-refractivity contribution in [2.45, 2.75) is 24.9 Å². The van der Waals surface area contributed by atoms with E-state index in [0.717, 1.165) is 0 Å². The number of hydrogen-bond donors (Lipinski definition) is 2. The van der Waals surface area contributed by atoms with E-state index in [0.29, 0.717) is 5.56 Å². The predicted molar refractivity (Wildman–Crippen MR) is 68.5 cm³/mol. The van der Waals surface area contributed by atoms with Crippen LogP contribution in [0, 0.1) is 5.82 Å². The molecule has 1 amide bonds. The van der Waals surface area contributed by atoms with Crippen molar-refractivity contribution in [1.29, 1.82) is 0 Å². The Bertz CT molecular complexity index is 524. The van der Waals surface area contributed by atoms with Gasteiger partial charge >= 0.3 is 5.97 Å². The molecule has 1 aliphatic heterocycles. The van der Waals surface area contributed by atoms with Crippen molar-refractivity contribution >= 4 is 11.9 Å². The van der Waals surface area contributed by atoms with Crippen molar-refractivity contribution in [3.63, 3.8) is 0 Å². The first-order valence-corrected chi connectivity index (χ1v) is 6.39. The summed E-state index contributed by atoms with van der Waals surface area (Å²) in [4.78, 5) is 24.4. The standard InChI is InChI=1S/C14H16FNO4/c15-11-3-1-2-10(8-11)9-12(17)16-6-4-14(20,5-7-16)13(18)19/h1-3,8,20H,4-7,9H2,(H,18,19). The van der Waals surface area contributed by atoms with E-state index in [4.69, 9.17) is 5.11 Å². The van der Waals surface area contributed by atoms with Gasteiger partial charge in [-0.2, -0.15) is 0 Å². The first-order valence-electron chi connectivity index (χ1n) is 6.39. The summed E-state index contributed by atoms with van der Waals surface area (Å²) >= 11 is 0. The highest BCUT2D eigenvalue weighted by atomic mass is 19.1. The van der Waals surface area contributed by atoms with Crippen LogP contribution in [0.3, 0.4) is 0 Å². The number of carboxylic acids is 1. The number of benzene rings is 1. The summed E-state index contributed by atoms with van der Waals surface area (Å²) in [6.45, 7) is 0.383. The molecule has 0 radical (unpaired) electrons. The normalized spacial score (nSPS) is 17.8. The van der Waals surface area contributed by atoms with Gasteiger partial charge in [0.05, 0.1) is 6.42 Å². The molecule has 1 aliphatic rings. The number of carbonyl (C=O) groups excluding carboxylic acids is 1. The summed E-state index contributed by atoms with van der Waals surface area (Å²) in [6.07, 6.45) is 0.0949. The van der Waals surface area contributed by atoms with Gasteiger partial charge in [-0.1, -0.05) is 12.1 Å². The van der Waals surface area contributed by atoms with E-state index in [-0.39, 0.29) is 38.3 Å². The minimum atomic E-state index is -1.74. The molecule has 1 aromatic rings. The summed E-state index contributed by atoms with van der Waals surface area (Å²) in [5.41, 5.74) is -1.16. The molecule has 108 valence electrons. The van der Waals surface area contributed by atoms with Crippen LogP contribution in [0.1, 0.15) is 18.4 Å². The molecule has 0 bridgehead atoms. The Kier molecular flexibility index (Phi) is 4.04. The molecule has 0 atom stereocenters. The van der Waals surface area contributed by atoms with Crippen LogP contribution in [-0.2, 0) is 16.0 Å². The van der Waals surface area contributed by atoms with E-state index in [1.807, 2.05) is 0 Å². The smallest absolute Gasteiger partial charge is 0.335 e. The molecule has 20 heavy (non-hydrogen) atoms. The summed E-state index contributed by atoms with van der Waals surface area (Å²) in [7, 11) is 0. The topological polar surface area (TPSA) is 77.8 Å². The molecule has 0 aliphatic carbocycles. The number of amides is 1. The molecule has 1 fully saturated rings. The SMILES string of the molecule is O=C(Cc1cccc(F)c1)N1CCC(O)(C(=O)O)CC1. The highest BCUT2D eigenvalue weighted by molar-refractivity contribution is 5.80. The van der Waals surface area contributed by atoms with Gasteiger partial charge in [0, 0.05) is 25.9 Å². The summed E-state index contributed by atoms with van der Waals surface area (Å²) < 4.78 is 13.0. The lowest BCUT2D eigenvalue weighted by molar-refractivity contribution is -0.165. The van der Waals surface area contributed by atoms with Crippen LogP contribution >= 0.6 is 0 Å². The molecule has 0 spiro atoms. The number of aliphatic carboxylic acids is 1. The third kappa shape index (κ3) is 3.14. The summed E-state index contributed by atoms with van der Waals surface area (Å²) in [5.74, 6) is -1.84. The number of piperidine rings is 1.